The minimum absolute atomic E-state index is 0.106. The lowest BCUT2D eigenvalue weighted by atomic mass is 9.97. The number of carbonyl (C=O) groups excluding carboxylic acids is 1. The molecule has 0 aliphatic carbocycles. The molecule has 2 fully saturated rings. The van der Waals surface area contributed by atoms with E-state index in [1.165, 1.54) is 12.4 Å². The van der Waals surface area contributed by atoms with Crippen molar-refractivity contribution in [2.24, 2.45) is 0 Å². The zero-order chi connectivity index (χ0) is 27.1. The van der Waals surface area contributed by atoms with Gasteiger partial charge in [-0.2, -0.15) is 18.3 Å². The molecule has 2 aliphatic rings. The molecule has 203 valence electrons. The molecule has 0 spiro atoms. The number of hydrogen-bond acceptors (Lipinski definition) is 8. The first-order valence-electron chi connectivity index (χ1n) is 12.6. The average molecular weight is 540 g/mol. The second-order valence-corrected chi connectivity index (χ2v) is 9.73. The Hall–Kier alpha value is -3.91. The first-order valence-corrected chi connectivity index (χ1v) is 12.6. The SMILES string of the molecule is CNCc1cc(C(=O)N2CCC(N3C[C](n4cc(-c5ncnc6[nH]ccc56)cn4)C3)CC2)nc(C(F)(F)F)n1. The number of nitrogens with one attached hydrogen (secondary N) is 2. The van der Waals surface area contributed by atoms with Gasteiger partial charge in [-0.05, 0) is 32.0 Å². The number of aromatic amines is 1. The number of piperidine rings is 1. The molecular formula is C25H26F3N10O. The summed E-state index contributed by atoms with van der Waals surface area (Å²) in [4.78, 5) is 35.8. The number of carbonyl (C=O) groups is 1. The van der Waals surface area contributed by atoms with Crippen LogP contribution in [0.4, 0.5) is 13.2 Å². The van der Waals surface area contributed by atoms with Gasteiger partial charge >= 0.3 is 6.18 Å². The van der Waals surface area contributed by atoms with Crippen LogP contribution in [-0.4, -0.2) is 89.7 Å². The van der Waals surface area contributed by atoms with Crippen molar-refractivity contribution in [2.45, 2.75) is 31.6 Å². The zero-order valence-electron chi connectivity index (χ0n) is 21.1. The van der Waals surface area contributed by atoms with Gasteiger partial charge in [-0.3, -0.25) is 14.4 Å². The lowest BCUT2D eigenvalue weighted by Crippen LogP contribution is -2.56. The van der Waals surface area contributed by atoms with Crippen molar-refractivity contribution in [1.29, 1.82) is 0 Å². The number of rotatable bonds is 6. The van der Waals surface area contributed by atoms with E-state index in [-0.39, 0.29) is 24.0 Å². The fourth-order valence-electron chi connectivity index (χ4n) is 5.15. The van der Waals surface area contributed by atoms with Crippen molar-refractivity contribution in [3.05, 3.63) is 60.3 Å². The summed E-state index contributed by atoms with van der Waals surface area (Å²) in [7, 11) is 1.60. The zero-order valence-corrected chi connectivity index (χ0v) is 21.1. The summed E-state index contributed by atoms with van der Waals surface area (Å²) in [6.45, 7) is 2.53. The number of nitrogens with zero attached hydrogens (tertiary/aromatic N) is 8. The highest BCUT2D eigenvalue weighted by Crippen LogP contribution is 2.31. The molecule has 11 nitrogen and oxygen atoms in total. The molecule has 6 heterocycles. The van der Waals surface area contributed by atoms with Crippen molar-refractivity contribution in [2.75, 3.05) is 33.2 Å². The lowest BCUT2D eigenvalue weighted by Gasteiger charge is -2.46. The van der Waals surface area contributed by atoms with Crippen LogP contribution in [0.25, 0.3) is 22.3 Å². The normalized spacial score (nSPS) is 17.6. The first kappa shape index (κ1) is 25.4. The Morgan fingerprint density at radius 3 is 2.72 bits per heavy atom. The van der Waals surface area contributed by atoms with Gasteiger partial charge in [0.2, 0.25) is 5.82 Å². The lowest BCUT2D eigenvalue weighted by molar-refractivity contribution is -0.145. The molecule has 1 amide bonds. The number of aromatic nitrogens is 7. The largest absolute Gasteiger partial charge is 0.451 e. The van der Waals surface area contributed by atoms with Crippen molar-refractivity contribution < 1.29 is 18.0 Å². The van der Waals surface area contributed by atoms with Crippen molar-refractivity contribution >= 4 is 16.9 Å². The summed E-state index contributed by atoms with van der Waals surface area (Å²) in [6.07, 6.45) is 3.87. The predicted molar refractivity (Wildman–Crippen MR) is 134 cm³/mol. The maximum absolute atomic E-state index is 13.3. The number of fused-ring (bicyclic) bond motifs is 1. The maximum atomic E-state index is 13.3. The van der Waals surface area contributed by atoms with Crippen LogP contribution >= 0.6 is 0 Å². The van der Waals surface area contributed by atoms with Crippen molar-refractivity contribution in [1.82, 2.24) is 49.8 Å². The Labute approximate surface area is 221 Å². The van der Waals surface area contributed by atoms with E-state index in [4.69, 9.17) is 0 Å². The smallest absolute Gasteiger partial charge is 0.346 e. The van der Waals surface area contributed by atoms with E-state index in [1.807, 2.05) is 23.1 Å². The van der Waals surface area contributed by atoms with E-state index in [0.29, 0.717) is 13.1 Å². The maximum Gasteiger partial charge on any atom is 0.451 e. The predicted octanol–water partition coefficient (Wildman–Crippen LogP) is 2.35. The number of hydrogen-bond donors (Lipinski definition) is 2. The monoisotopic (exact) mass is 539 g/mol. The molecule has 4 aromatic rings. The molecule has 0 bridgehead atoms. The molecule has 14 heteroatoms. The number of alkyl halides is 3. The topological polar surface area (TPSA) is 121 Å². The molecule has 0 saturated carbocycles. The number of likely N-dealkylation sites (tertiary alicyclic amines) is 2. The van der Waals surface area contributed by atoms with Crippen LogP contribution in [0.2, 0.25) is 0 Å². The van der Waals surface area contributed by atoms with Gasteiger partial charge in [0.1, 0.15) is 23.7 Å². The first-order chi connectivity index (χ1) is 18.8. The summed E-state index contributed by atoms with van der Waals surface area (Å²) >= 11 is 0. The third kappa shape index (κ3) is 4.96. The Morgan fingerprint density at radius 2 is 1.97 bits per heavy atom. The molecule has 39 heavy (non-hydrogen) atoms. The summed E-state index contributed by atoms with van der Waals surface area (Å²) in [5, 5.41) is 8.24. The standard InChI is InChI=1S/C25H26F3N10O/c1-29-10-16-8-20(35-24(34-16)25(26,27)28)23(39)36-6-3-17(4-7-36)37-12-18(13-37)38-11-15(9-33-38)21-19-2-5-30-22(19)32-14-31-21/h2,5,8-9,11,14,17,29H,3-4,6-7,10,12-13H2,1H3,(H,30,31,32). The minimum Gasteiger partial charge on any atom is -0.346 e. The highest BCUT2D eigenvalue weighted by molar-refractivity contribution is 5.92. The van der Waals surface area contributed by atoms with Gasteiger partial charge < -0.3 is 15.2 Å². The Morgan fingerprint density at radius 1 is 1.18 bits per heavy atom. The van der Waals surface area contributed by atoms with Crippen molar-refractivity contribution in [3.63, 3.8) is 0 Å². The van der Waals surface area contributed by atoms with E-state index >= 15 is 0 Å². The molecule has 2 aliphatic heterocycles. The Balaban J connectivity index is 1.05. The fourth-order valence-corrected chi connectivity index (χ4v) is 5.15. The molecule has 2 N–H and O–H groups in total. The van der Waals surface area contributed by atoms with E-state index < -0.39 is 17.9 Å². The summed E-state index contributed by atoms with van der Waals surface area (Å²) in [6, 6.07) is 4.72. The number of halogens is 3. The van der Waals surface area contributed by atoms with Gasteiger partial charge in [0.05, 0.1) is 17.6 Å². The second-order valence-electron chi connectivity index (χ2n) is 9.73. The molecule has 1 radical (unpaired) electrons. The van der Waals surface area contributed by atoms with E-state index in [9.17, 15) is 18.0 Å². The Bertz CT molecular complexity index is 1480. The van der Waals surface area contributed by atoms with Crippen LogP contribution in [-0.2, 0) is 12.7 Å². The van der Waals surface area contributed by atoms with Gasteiger partial charge in [0.15, 0.2) is 0 Å². The van der Waals surface area contributed by atoms with Crippen molar-refractivity contribution in [3.8, 4) is 11.3 Å². The molecule has 0 aromatic carbocycles. The van der Waals surface area contributed by atoms with E-state index in [0.717, 1.165) is 54.3 Å². The average Bonchev–Trinajstić information content (AvgIpc) is 3.57. The van der Waals surface area contributed by atoms with E-state index in [1.54, 1.807) is 18.1 Å². The van der Waals surface area contributed by atoms with Gasteiger partial charge in [-0.25, -0.2) is 19.9 Å². The van der Waals surface area contributed by atoms with Gasteiger partial charge in [-0.15, -0.1) is 0 Å². The fraction of sp³-hybridized carbons (Fsp3) is 0.400. The van der Waals surface area contributed by atoms with Crippen LogP contribution < -0.4 is 5.32 Å². The number of amides is 1. The molecule has 0 unspecified atom stereocenters. The van der Waals surface area contributed by atoms with Crippen LogP contribution in [0.15, 0.2) is 37.1 Å². The molecule has 6 rings (SSSR count). The summed E-state index contributed by atoms with van der Waals surface area (Å²) < 4.78 is 41.7. The highest BCUT2D eigenvalue weighted by Gasteiger charge is 2.39. The molecule has 4 aromatic heterocycles. The summed E-state index contributed by atoms with van der Waals surface area (Å²) in [5.74, 6) is -1.80. The van der Waals surface area contributed by atoms with E-state index in [2.05, 4.69) is 40.2 Å². The number of H-pyrrole nitrogens is 1. The van der Waals surface area contributed by atoms with Crippen LogP contribution in [0.1, 0.15) is 34.8 Å². The van der Waals surface area contributed by atoms with Gasteiger partial charge in [-0.1, -0.05) is 0 Å². The highest BCUT2D eigenvalue weighted by atomic mass is 19.4. The third-order valence-corrected chi connectivity index (χ3v) is 7.18. The van der Waals surface area contributed by atoms with Crippen LogP contribution in [0.3, 0.4) is 0 Å². The summed E-state index contributed by atoms with van der Waals surface area (Å²) in [5.41, 5.74) is 2.41. The molecular weight excluding hydrogens is 513 g/mol. The van der Waals surface area contributed by atoms with Gasteiger partial charge in [0.25, 0.3) is 5.91 Å². The van der Waals surface area contributed by atoms with Crippen LogP contribution in [0.5, 0.6) is 0 Å². The van der Waals surface area contributed by atoms with Crippen LogP contribution in [0, 0.1) is 6.04 Å². The minimum atomic E-state index is -4.73. The molecule has 2 saturated heterocycles. The van der Waals surface area contributed by atoms with Gasteiger partial charge in [0, 0.05) is 62.1 Å². The Kier molecular flexibility index (Phi) is 6.51. The second kappa shape index (κ2) is 10.0. The quantitative estimate of drug-likeness (QED) is 0.383. The molecule has 0 atom stereocenters. The third-order valence-electron chi connectivity index (χ3n) is 7.18.